The maximum Gasteiger partial charge on any atom is 0.406 e. The van der Waals surface area contributed by atoms with E-state index < -0.39 is 18.6 Å². The summed E-state index contributed by atoms with van der Waals surface area (Å²) in [5.41, 5.74) is 7.37. The molecule has 0 unspecified atom stereocenters. The molecule has 1 aromatic carbocycles. The Kier molecular flexibility index (Phi) is 3.30. The van der Waals surface area contributed by atoms with Gasteiger partial charge in [-0.05, 0) is 30.2 Å². The van der Waals surface area contributed by atoms with Gasteiger partial charge in [-0.15, -0.1) is 0 Å². The number of carbonyl (C=O) groups excluding carboxylic acids is 1. The first-order valence-electron chi connectivity index (χ1n) is 5.60. The molecule has 1 aromatic rings. The van der Waals surface area contributed by atoms with Crippen molar-refractivity contribution >= 4 is 11.6 Å². The number of anilines is 1. The van der Waals surface area contributed by atoms with Gasteiger partial charge in [0.05, 0.1) is 6.42 Å². The second-order valence-corrected chi connectivity index (χ2v) is 4.27. The van der Waals surface area contributed by atoms with Crippen molar-refractivity contribution in [2.45, 2.75) is 19.0 Å². The second kappa shape index (κ2) is 4.61. The lowest BCUT2D eigenvalue weighted by molar-refractivity contribution is -0.131. The number of benzene rings is 1. The van der Waals surface area contributed by atoms with E-state index in [-0.39, 0.29) is 6.42 Å². The second-order valence-electron chi connectivity index (χ2n) is 4.27. The van der Waals surface area contributed by atoms with Gasteiger partial charge in [0.1, 0.15) is 6.54 Å². The van der Waals surface area contributed by atoms with Crippen LogP contribution in [0.1, 0.15) is 11.1 Å². The molecule has 0 saturated heterocycles. The molecule has 1 aliphatic rings. The van der Waals surface area contributed by atoms with Crippen molar-refractivity contribution in [2.24, 2.45) is 5.73 Å². The fourth-order valence-electron chi connectivity index (χ4n) is 2.11. The molecule has 0 aromatic heterocycles. The van der Waals surface area contributed by atoms with Crippen LogP contribution in [0.25, 0.3) is 0 Å². The molecular formula is C12H13F3N2O. The Morgan fingerprint density at radius 2 is 2.06 bits per heavy atom. The Morgan fingerprint density at radius 3 is 2.67 bits per heavy atom. The molecule has 3 nitrogen and oxygen atoms in total. The van der Waals surface area contributed by atoms with Gasteiger partial charge in [0, 0.05) is 5.69 Å². The van der Waals surface area contributed by atoms with Crippen molar-refractivity contribution in [3.63, 3.8) is 0 Å². The average Bonchev–Trinajstić information content (AvgIpc) is 2.53. The summed E-state index contributed by atoms with van der Waals surface area (Å²) in [6, 6.07) is 5.04. The van der Waals surface area contributed by atoms with E-state index in [0.717, 1.165) is 10.5 Å². The van der Waals surface area contributed by atoms with Gasteiger partial charge in [-0.1, -0.05) is 12.1 Å². The Hall–Kier alpha value is -1.56. The van der Waals surface area contributed by atoms with E-state index in [0.29, 0.717) is 24.2 Å². The minimum Gasteiger partial charge on any atom is -0.330 e. The van der Waals surface area contributed by atoms with E-state index in [2.05, 4.69) is 0 Å². The SMILES string of the molecule is NCCc1ccc2c(c1)CC(=O)N2CC(F)(F)F. The molecule has 0 bridgehead atoms. The largest absolute Gasteiger partial charge is 0.406 e. The topological polar surface area (TPSA) is 46.3 Å². The van der Waals surface area contributed by atoms with Crippen LogP contribution in [0.5, 0.6) is 0 Å². The van der Waals surface area contributed by atoms with Gasteiger partial charge in [-0.3, -0.25) is 4.79 Å². The summed E-state index contributed by atoms with van der Waals surface area (Å²) < 4.78 is 37.1. The minimum absolute atomic E-state index is 0.0316. The van der Waals surface area contributed by atoms with Crippen molar-refractivity contribution in [3.05, 3.63) is 29.3 Å². The van der Waals surface area contributed by atoms with Crippen molar-refractivity contribution in [3.8, 4) is 0 Å². The zero-order valence-corrected chi connectivity index (χ0v) is 9.63. The zero-order valence-electron chi connectivity index (χ0n) is 9.63. The Balaban J connectivity index is 2.26. The predicted octanol–water partition coefficient (Wildman–Crippen LogP) is 1.64. The smallest absolute Gasteiger partial charge is 0.330 e. The van der Waals surface area contributed by atoms with Crippen LogP contribution in [-0.4, -0.2) is 25.2 Å². The molecule has 98 valence electrons. The Labute approximate surface area is 102 Å². The highest BCUT2D eigenvalue weighted by atomic mass is 19.4. The number of fused-ring (bicyclic) bond motifs is 1. The predicted molar refractivity (Wildman–Crippen MR) is 61.3 cm³/mol. The highest BCUT2D eigenvalue weighted by Gasteiger charge is 2.37. The van der Waals surface area contributed by atoms with Crippen LogP contribution in [0.3, 0.4) is 0 Å². The normalized spacial score (nSPS) is 15.1. The summed E-state index contributed by atoms with van der Waals surface area (Å²) in [6.45, 7) is -0.756. The lowest BCUT2D eigenvalue weighted by atomic mass is 10.1. The number of amides is 1. The molecular weight excluding hydrogens is 245 g/mol. The molecule has 0 saturated carbocycles. The number of halogens is 3. The van der Waals surface area contributed by atoms with Gasteiger partial charge in [-0.2, -0.15) is 13.2 Å². The number of hydrogen-bond acceptors (Lipinski definition) is 2. The van der Waals surface area contributed by atoms with E-state index in [1.165, 1.54) is 0 Å². The molecule has 2 rings (SSSR count). The number of hydrogen-bond donors (Lipinski definition) is 1. The fraction of sp³-hybridized carbons (Fsp3) is 0.417. The lowest BCUT2D eigenvalue weighted by Gasteiger charge is -2.19. The van der Waals surface area contributed by atoms with E-state index in [1.807, 2.05) is 0 Å². The van der Waals surface area contributed by atoms with Crippen LogP contribution in [0.2, 0.25) is 0 Å². The number of carbonyl (C=O) groups is 1. The van der Waals surface area contributed by atoms with Crippen LogP contribution < -0.4 is 10.6 Å². The van der Waals surface area contributed by atoms with E-state index in [4.69, 9.17) is 5.73 Å². The highest BCUT2D eigenvalue weighted by Crippen LogP contribution is 2.32. The number of nitrogens with two attached hydrogens (primary N) is 1. The first-order valence-corrected chi connectivity index (χ1v) is 5.60. The van der Waals surface area contributed by atoms with Gasteiger partial charge in [0.2, 0.25) is 5.91 Å². The third-order valence-corrected chi connectivity index (χ3v) is 2.85. The number of alkyl halides is 3. The zero-order chi connectivity index (χ0) is 13.3. The molecule has 1 amide bonds. The average molecular weight is 258 g/mol. The molecule has 1 aliphatic heterocycles. The van der Waals surface area contributed by atoms with Gasteiger partial charge in [-0.25, -0.2) is 0 Å². The molecule has 0 aliphatic carbocycles. The molecule has 0 spiro atoms. The fourth-order valence-corrected chi connectivity index (χ4v) is 2.11. The van der Waals surface area contributed by atoms with Crippen LogP contribution >= 0.6 is 0 Å². The van der Waals surface area contributed by atoms with Crippen molar-refractivity contribution < 1.29 is 18.0 Å². The van der Waals surface area contributed by atoms with Crippen LogP contribution in [0.4, 0.5) is 18.9 Å². The van der Waals surface area contributed by atoms with Crippen molar-refractivity contribution in [1.82, 2.24) is 0 Å². The van der Waals surface area contributed by atoms with Gasteiger partial charge >= 0.3 is 6.18 Å². The Bertz CT molecular complexity index is 471. The lowest BCUT2D eigenvalue weighted by Crippen LogP contribution is -2.36. The quantitative estimate of drug-likeness (QED) is 0.895. The van der Waals surface area contributed by atoms with E-state index in [1.54, 1.807) is 18.2 Å². The van der Waals surface area contributed by atoms with Crippen LogP contribution in [0, 0.1) is 0 Å². The van der Waals surface area contributed by atoms with Gasteiger partial charge < -0.3 is 10.6 Å². The summed E-state index contributed by atoms with van der Waals surface area (Å²) in [7, 11) is 0. The van der Waals surface area contributed by atoms with Crippen LogP contribution in [-0.2, 0) is 17.6 Å². The minimum atomic E-state index is -4.38. The summed E-state index contributed by atoms with van der Waals surface area (Å²) >= 11 is 0. The summed E-state index contributed by atoms with van der Waals surface area (Å²) in [6.07, 6.45) is -3.70. The summed E-state index contributed by atoms with van der Waals surface area (Å²) in [5.74, 6) is -0.507. The molecule has 2 N–H and O–H groups in total. The van der Waals surface area contributed by atoms with Gasteiger partial charge in [0.15, 0.2) is 0 Å². The first kappa shape index (κ1) is 12.9. The third-order valence-electron chi connectivity index (χ3n) is 2.85. The highest BCUT2D eigenvalue weighted by molar-refractivity contribution is 6.01. The van der Waals surface area contributed by atoms with Crippen molar-refractivity contribution in [2.75, 3.05) is 18.0 Å². The third kappa shape index (κ3) is 2.64. The molecule has 0 fully saturated rings. The molecule has 18 heavy (non-hydrogen) atoms. The van der Waals surface area contributed by atoms with E-state index >= 15 is 0 Å². The monoisotopic (exact) mass is 258 g/mol. The van der Waals surface area contributed by atoms with E-state index in [9.17, 15) is 18.0 Å². The van der Waals surface area contributed by atoms with Gasteiger partial charge in [0.25, 0.3) is 0 Å². The Morgan fingerprint density at radius 1 is 1.33 bits per heavy atom. The molecule has 1 heterocycles. The number of rotatable bonds is 3. The standard InChI is InChI=1S/C12H13F3N2O/c13-12(14,15)7-17-10-2-1-8(3-4-16)5-9(10)6-11(17)18/h1-2,5H,3-4,6-7,16H2. The summed E-state index contributed by atoms with van der Waals surface area (Å²) in [4.78, 5) is 12.4. The number of nitrogens with zero attached hydrogens (tertiary/aromatic N) is 1. The maximum absolute atomic E-state index is 12.4. The molecule has 6 heteroatoms. The summed E-state index contributed by atoms with van der Waals surface area (Å²) in [5, 5.41) is 0. The molecule has 0 atom stereocenters. The van der Waals surface area contributed by atoms with Crippen molar-refractivity contribution in [1.29, 1.82) is 0 Å². The first-order chi connectivity index (χ1) is 8.40. The molecule has 0 radical (unpaired) electrons. The van der Waals surface area contributed by atoms with Crippen LogP contribution in [0.15, 0.2) is 18.2 Å². The maximum atomic E-state index is 12.4.